The Bertz CT molecular complexity index is 967. The van der Waals surface area contributed by atoms with Crippen LogP contribution in [0.5, 0.6) is 5.75 Å². The molecule has 0 bridgehead atoms. The van der Waals surface area contributed by atoms with Gasteiger partial charge in [0.15, 0.2) is 6.10 Å². The van der Waals surface area contributed by atoms with Gasteiger partial charge >= 0.3 is 0 Å². The SMILES string of the molecule is CC[C@H](Oc1ccccc1C)C(=O)Nc1ccc2c3c(cccc13)CC2. The van der Waals surface area contributed by atoms with Crippen molar-refractivity contribution in [2.24, 2.45) is 0 Å². The van der Waals surface area contributed by atoms with Gasteiger partial charge in [0.2, 0.25) is 0 Å². The van der Waals surface area contributed by atoms with E-state index in [1.807, 2.05) is 44.2 Å². The summed E-state index contributed by atoms with van der Waals surface area (Å²) in [6.07, 6.45) is 2.26. The van der Waals surface area contributed by atoms with Gasteiger partial charge in [-0.25, -0.2) is 0 Å². The number of hydrogen-bond donors (Lipinski definition) is 1. The molecule has 3 heteroatoms. The molecule has 1 aliphatic rings. The summed E-state index contributed by atoms with van der Waals surface area (Å²) in [7, 11) is 0. The van der Waals surface area contributed by atoms with Crippen LogP contribution in [0, 0.1) is 6.92 Å². The van der Waals surface area contributed by atoms with E-state index < -0.39 is 6.10 Å². The fraction of sp³-hybridized carbons (Fsp3) is 0.261. The third kappa shape index (κ3) is 2.94. The van der Waals surface area contributed by atoms with Crippen LogP contribution in [0.15, 0.2) is 54.6 Å². The number of aryl methyl sites for hydroxylation is 3. The highest BCUT2D eigenvalue weighted by Gasteiger charge is 2.21. The first-order chi connectivity index (χ1) is 12.7. The van der Waals surface area contributed by atoms with Gasteiger partial charge in [-0.2, -0.15) is 0 Å². The summed E-state index contributed by atoms with van der Waals surface area (Å²) in [6.45, 7) is 3.96. The number of anilines is 1. The van der Waals surface area contributed by atoms with Crippen LogP contribution in [0.2, 0.25) is 0 Å². The van der Waals surface area contributed by atoms with Crippen LogP contribution >= 0.6 is 0 Å². The van der Waals surface area contributed by atoms with Crippen LogP contribution in [0.4, 0.5) is 5.69 Å². The first-order valence-electron chi connectivity index (χ1n) is 9.24. The number of benzene rings is 3. The summed E-state index contributed by atoms with van der Waals surface area (Å²) in [6, 6.07) is 18.3. The Labute approximate surface area is 154 Å². The predicted molar refractivity (Wildman–Crippen MR) is 106 cm³/mol. The van der Waals surface area contributed by atoms with Crippen molar-refractivity contribution in [2.45, 2.75) is 39.2 Å². The summed E-state index contributed by atoms with van der Waals surface area (Å²) in [5.41, 5.74) is 4.64. The van der Waals surface area contributed by atoms with Gasteiger partial charge in [-0.3, -0.25) is 4.79 Å². The minimum atomic E-state index is -0.515. The Hall–Kier alpha value is -2.81. The standard InChI is InChI=1S/C23H23NO2/c1-3-20(26-21-10-5-4-7-15(21)2)23(25)24-19-14-13-17-12-11-16-8-6-9-18(19)22(16)17/h4-10,13-14,20H,3,11-12H2,1-2H3,(H,24,25)/t20-/m0/s1. The van der Waals surface area contributed by atoms with Crippen LogP contribution in [-0.4, -0.2) is 12.0 Å². The van der Waals surface area contributed by atoms with Crippen LogP contribution in [-0.2, 0) is 17.6 Å². The number of para-hydroxylation sites is 1. The van der Waals surface area contributed by atoms with E-state index in [0.29, 0.717) is 6.42 Å². The van der Waals surface area contributed by atoms with Gasteiger partial charge in [-0.05, 0) is 60.4 Å². The minimum Gasteiger partial charge on any atom is -0.480 e. The average Bonchev–Trinajstić information content (AvgIpc) is 3.08. The summed E-state index contributed by atoms with van der Waals surface area (Å²) in [5, 5.41) is 5.52. The number of amides is 1. The Morgan fingerprint density at radius 1 is 1.04 bits per heavy atom. The molecule has 1 amide bonds. The molecular formula is C23H23NO2. The first-order valence-corrected chi connectivity index (χ1v) is 9.24. The number of carbonyl (C=O) groups is 1. The second kappa shape index (κ2) is 6.83. The molecule has 0 unspecified atom stereocenters. The molecule has 1 aliphatic carbocycles. The van der Waals surface area contributed by atoms with Crippen LogP contribution in [0.25, 0.3) is 10.8 Å². The molecule has 0 saturated heterocycles. The molecule has 3 aromatic rings. The third-order valence-electron chi connectivity index (χ3n) is 5.16. The maximum Gasteiger partial charge on any atom is 0.265 e. The van der Waals surface area contributed by atoms with Crippen LogP contribution in [0.1, 0.15) is 30.0 Å². The summed E-state index contributed by atoms with van der Waals surface area (Å²) < 4.78 is 5.99. The molecule has 1 N–H and O–H groups in total. The zero-order valence-electron chi connectivity index (χ0n) is 15.2. The highest BCUT2D eigenvalue weighted by Crippen LogP contribution is 2.35. The Balaban J connectivity index is 1.60. The van der Waals surface area contributed by atoms with Crippen molar-refractivity contribution < 1.29 is 9.53 Å². The molecule has 4 rings (SSSR count). The number of ether oxygens (including phenoxy) is 1. The lowest BCUT2D eigenvalue weighted by atomic mass is 10.0. The molecule has 26 heavy (non-hydrogen) atoms. The predicted octanol–water partition coefficient (Wildman–Crippen LogP) is 5.04. The van der Waals surface area contributed by atoms with Gasteiger partial charge in [-0.1, -0.05) is 49.4 Å². The van der Waals surface area contributed by atoms with E-state index in [4.69, 9.17) is 4.74 Å². The average molecular weight is 345 g/mol. The Morgan fingerprint density at radius 2 is 1.81 bits per heavy atom. The van der Waals surface area contributed by atoms with Crippen molar-refractivity contribution in [1.82, 2.24) is 0 Å². The van der Waals surface area contributed by atoms with Crippen molar-refractivity contribution in [1.29, 1.82) is 0 Å². The lowest BCUT2D eigenvalue weighted by Gasteiger charge is -2.19. The molecule has 0 heterocycles. The molecule has 0 spiro atoms. The lowest BCUT2D eigenvalue weighted by molar-refractivity contribution is -0.122. The fourth-order valence-corrected chi connectivity index (χ4v) is 3.73. The first kappa shape index (κ1) is 16.6. The number of rotatable bonds is 5. The summed E-state index contributed by atoms with van der Waals surface area (Å²) >= 11 is 0. The molecule has 0 radical (unpaired) electrons. The van der Waals surface area contributed by atoms with E-state index >= 15 is 0 Å². The van der Waals surface area contributed by atoms with E-state index in [1.54, 1.807) is 0 Å². The minimum absolute atomic E-state index is 0.102. The maximum absolute atomic E-state index is 12.9. The quantitative estimate of drug-likeness (QED) is 0.703. The lowest BCUT2D eigenvalue weighted by Crippen LogP contribution is -2.32. The van der Waals surface area contributed by atoms with Gasteiger partial charge in [0.05, 0.1) is 0 Å². The highest BCUT2D eigenvalue weighted by molar-refractivity contribution is 6.06. The zero-order chi connectivity index (χ0) is 18.1. The molecule has 0 aromatic heterocycles. The second-order valence-electron chi connectivity index (χ2n) is 6.88. The topological polar surface area (TPSA) is 38.3 Å². The van der Waals surface area contributed by atoms with Gasteiger partial charge in [0, 0.05) is 11.1 Å². The van der Waals surface area contributed by atoms with Gasteiger partial charge in [0.25, 0.3) is 5.91 Å². The van der Waals surface area contributed by atoms with Gasteiger partial charge in [-0.15, -0.1) is 0 Å². The van der Waals surface area contributed by atoms with Crippen molar-refractivity contribution >= 4 is 22.4 Å². The maximum atomic E-state index is 12.9. The van der Waals surface area contributed by atoms with E-state index in [0.717, 1.165) is 35.2 Å². The molecule has 132 valence electrons. The van der Waals surface area contributed by atoms with E-state index in [1.165, 1.54) is 16.5 Å². The van der Waals surface area contributed by atoms with E-state index in [-0.39, 0.29) is 5.91 Å². The molecule has 0 aliphatic heterocycles. The van der Waals surface area contributed by atoms with Crippen molar-refractivity contribution in [2.75, 3.05) is 5.32 Å². The van der Waals surface area contributed by atoms with Crippen molar-refractivity contribution in [3.63, 3.8) is 0 Å². The van der Waals surface area contributed by atoms with Crippen LogP contribution in [0.3, 0.4) is 0 Å². The Kier molecular flexibility index (Phi) is 4.37. The molecule has 3 nitrogen and oxygen atoms in total. The Morgan fingerprint density at radius 3 is 2.58 bits per heavy atom. The smallest absolute Gasteiger partial charge is 0.265 e. The number of carbonyl (C=O) groups excluding carboxylic acids is 1. The van der Waals surface area contributed by atoms with E-state index in [9.17, 15) is 4.79 Å². The number of nitrogens with one attached hydrogen (secondary N) is 1. The molecule has 0 fully saturated rings. The van der Waals surface area contributed by atoms with Crippen molar-refractivity contribution in [3.05, 3.63) is 71.3 Å². The monoisotopic (exact) mass is 345 g/mol. The normalized spacial score (nSPS) is 13.6. The molecular weight excluding hydrogens is 322 g/mol. The largest absolute Gasteiger partial charge is 0.480 e. The van der Waals surface area contributed by atoms with Crippen molar-refractivity contribution in [3.8, 4) is 5.75 Å². The summed E-state index contributed by atoms with van der Waals surface area (Å²) in [5.74, 6) is 0.657. The summed E-state index contributed by atoms with van der Waals surface area (Å²) in [4.78, 5) is 12.9. The van der Waals surface area contributed by atoms with Gasteiger partial charge < -0.3 is 10.1 Å². The van der Waals surface area contributed by atoms with E-state index in [2.05, 4.69) is 29.6 Å². The zero-order valence-corrected chi connectivity index (χ0v) is 15.2. The third-order valence-corrected chi connectivity index (χ3v) is 5.16. The number of hydrogen-bond acceptors (Lipinski definition) is 2. The fourth-order valence-electron chi connectivity index (χ4n) is 3.73. The second-order valence-corrected chi connectivity index (χ2v) is 6.88. The van der Waals surface area contributed by atoms with Crippen LogP contribution < -0.4 is 10.1 Å². The molecule has 0 saturated carbocycles. The molecule has 3 aromatic carbocycles. The highest BCUT2D eigenvalue weighted by atomic mass is 16.5. The molecule has 1 atom stereocenters. The van der Waals surface area contributed by atoms with Gasteiger partial charge in [0.1, 0.15) is 5.75 Å².